The van der Waals surface area contributed by atoms with Crippen LogP contribution in [0.25, 0.3) is 0 Å². The van der Waals surface area contributed by atoms with E-state index in [1.54, 1.807) is 0 Å². The van der Waals surface area contributed by atoms with Crippen LogP contribution in [0.2, 0.25) is 0 Å². The second-order valence-corrected chi connectivity index (χ2v) is 4.93. The highest BCUT2D eigenvalue weighted by atomic mass is 16.5. The fourth-order valence-corrected chi connectivity index (χ4v) is 2.43. The van der Waals surface area contributed by atoms with Crippen molar-refractivity contribution in [2.24, 2.45) is 0 Å². The molecule has 0 amide bonds. The zero-order chi connectivity index (χ0) is 12.6. The van der Waals surface area contributed by atoms with Crippen molar-refractivity contribution in [2.45, 2.75) is 25.8 Å². The lowest BCUT2D eigenvalue weighted by Crippen LogP contribution is -2.21. The van der Waals surface area contributed by atoms with Gasteiger partial charge in [-0.15, -0.1) is 0 Å². The minimum atomic E-state index is 0.819. The van der Waals surface area contributed by atoms with Gasteiger partial charge in [-0.3, -0.25) is 0 Å². The Morgan fingerprint density at radius 2 is 2.11 bits per heavy atom. The molecule has 1 aromatic carbocycles. The number of hydrogen-bond donors (Lipinski definition) is 1. The van der Waals surface area contributed by atoms with Gasteiger partial charge in [-0.2, -0.15) is 0 Å². The van der Waals surface area contributed by atoms with Crippen LogP contribution in [0, 0.1) is 0 Å². The molecular formula is C15H24N2O. The number of likely N-dealkylation sites (tertiary alicyclic amines) is 1. The molecule has 18 heavy (non-hydrogen) atoms. The van der Waals surface area contributed by atoms with Crippen LogP contribution >= 0.6 is 0 Å². The minimum absolute atomic E-state index is 0.819. The highest BCUT2D eigenvalue weighted by Gasteiger charge is 2.10. The summed E-state index contributed by atoms with van der Waals surface area (Å²) in [6.45, 7) is 5.44. The Labute approximate surface area is 110 Å². The summed E-state index contributed by atoms with van der Waals surface area (Å²) in [6.07, 6.45) is 3.86. The smallest absolute Gasteiger partial charge is 0.119 e. The topological polar surface area (TPSA) is 24.5 Å². The molecule has 2 rings (SSSR count). The number of ether oxygens (including phenoxy) is 1. The van der Waals surface area contributed by atoms with Gasteiger partial charge < -0.3 is 15.0 Å². The molecule has 1 aromatic rings. The third-order valence-corrected chi connectivity index (χ3v) is 3.37. The van der Waals surface area contributed by atoms with E-state index in [2.05, 4.69) is 28.4 Å². The lowest BCUT2D eigenvalue weighted by molar-refractivity contribution is 0.263. The van der Waals surface area contributed by atoms with Gasteiger partial charge in [0, 0.05) is 13.1 Å². The third kappa shape index (κ3) is 4.31. The molecule has 0 bridgehead atoms. The summed E-state index contributed by atoms with van der Waals surface area (Å²) >= 11 is 0. The fraction of sp³-hybridized carbons (Fsp3) is 0.600. The van der Waals surface area contributed by atoms with Gasteiger partial charge in [-0.1, -0.05) is 12.1 Å². The van der Waals surface area contributed by atoms with Gasteiger partial charge >= 0.3 is 0 Å². The highest BCUT2D eigenvalue weighted by molar-refractivity contribution is 5.28. The van der Waals surface area contributed by atoms with Gasteiger partial charge in [0.05, 0.1) is 6.61 Å². The summed E-state index contributed by atoms with van der Waals surface area (Å²) in [5, 5.41) is 3.15. The SMILES string of the molecule is CNCc1cccc(OCCCN2CCCC2)c1. The van der Waals surface area contributed by atoms with Gasteiger partial charge in [0.1, 0.15) is 5.75 Å². The molecule has 0 aliphatic carbocycles. The molecule has 1 aliphatic rings. The van der Waals surface area contributed by atoms with Crippen LogP contribution in [-0.2, 0) is 6.54 Å². The molecule has 0 radical (unpaired) electrons. The molecule has 1 fully saturated rings. The molecule has 1 saturated heterocycles. The third-order valence-electron chi connectivity index (χ3n) is 3.37. The van der Waals surface area contributed by atoms with Crippen molar-refractivity contribution >= 4 is 0 Å². The van der Waals surface area contributed by atoms with E-state index < -0.39 is 0 Å². The van der Waals surface area contributed by atoms with Crippen molar-refractivity contribution in [1.29, 1.82) is 0 Å². The Kier molecular flexibility index (Phi) is 5.49. The number of rotatable bonds is 7. The maximum absolute atomic E-state index is 5.80. The monoisotopic (exact) mass is 248 g/mol. The van der Waals surface area contributed by atoms with E-state index in [0.29, 0.717) is 0 Å². The zero-order valence-electron chi connectivity index (χ0n) is 11.3. The van der Waals surface area contributed by atoms with Gasteiger partial charge in [-0.25, -0.2) is 0 Å². The van der Waals surface area contributed by atoms with Crippen LogP contribution in [0.15, 0.2) is 24.3 Å². The molecule has 100 valence electrons. The molecule has 1 heterocycles. The first kappa shape index (κ1) is 13.4. The molecule has 0 spiro atoms. The first-order chi connectivity index (χ1) is 8.88. The van der Waals surface area contributed by atoms with Crippen molar-refractivity contribution in [2.75, 3.05) is 33.3 Å². The molecule has 0 unspecified atom stereocenters. The van der Waals surface area contributed by atoms with E-state index >= 15 is 0 Å². The Hall–Kier alpha value is -1.06. The molecule has 0 aromatic heterocycles. The van der Waals surface area contributed by atoms with Gasteiger partial charge in [-0.05, 0) is 57.1 Å². The van der Waals surface area contributed by atoms with Crippen molar-refractivity contribution in [3.8, 4) is 5.75 Å². The molecule has 1 aliphatic heterocycles. The van der Waals surface area contributed by atoms with Crippen LogP contribution in [0.4, 0.5) is 0 Å². The van der Waals surface area contributed by atoms with Gasteiger partial charge in [0.25, 0.3) is 0 Å². The first-order valence-corrected chi connectivity index (χ1v) is 6.97. The average molecular weight is 248 g/mol. The second kappa shape index (κ2) is 7.39. The van der Waals surface area contributed by atoms with E-state index in [0.717, 1.165) is 25.3 Å². The van der Waals surface area contributed by atoms with Crippen molar-refractivity contribution in [3.05, 3.63) is 29.8 Å². The summed E-state index contributed by atoms with van der Waals surface area (Å²) in [4.78, 5) is 2.53. The number of nitrogens with one attached hydrogen (secondary N) is 1. The first-order valence-electron chi connectivity index (χ1n) is 6.97. The van der Waals surface area contributed by atoms with Gasteiger partial charge in [0.2, 0.25) is 0 Å². The van der Waals surface area contributed by atoms with Crippen molar-refractivity contribution < 1.29 is 4.74 Å². The molecule has 3 nitrogen and oxygen atoms in total. The lowest BCUT2D eigenvalue weighted by atomic mass is 10.2. The van der Waals surface area contributed by atoms with E-state index in [4.69, 9.17) is 4.74 Å². The summed E-state index contributed by atoms with van der Waals surface area (Å²) in [7, 11) is 1.96. The molecule has 0 saturated carbocycles. The van der Waals surface area contributed by atoms with Crippen LogP contribution in [-0.4, -0.2) is 38.2 Å². The van der Waals surface area contributed by atoms with Crippen molar-refractivity contribution in [3.63, 3.8) is 0 Å². The molecular weight excluding hydrogens is 224 g/mol. The summed E-state index contributed by atoms with van der Waals surface area (Å²) in [5.74, 6) is 0.990. The average Bonchev–Trinajstić information content (AvgIpc) is 2.89. The van der Waals surface area contributed by atoms with Crippen molar-refractivity contribution in [1.82, 2.24) is 10.2 Å². The number of nitrogens with zero attached hydrogens (tertiary/aromatic N) is 1. The highest BCUT2D eigenvalue weighted by Crippen LogP contribution is 2.14. The lowest BCUT2D eigenvalue weighted by Gasteiger charge is -2.14. The predicted octanol–water partition coefficient (Wildman–Crippen LogP) is 2.27. The minimum Gasteiger partial charge on any atom is -0.494 e. The Bertz CT molecular complexity index is 348. The summed E-state index contributed by atoms with van der Waals surface area (Å²) in [5.41, 5.74) is 1.27. The Morgan fingerprint density at radius 3 is 2.89 bits per heavy atom. The fourth-order valence-electron chi connectivity index (χ4n) is 2.43. The predicted molar refractivity (Wildman–Crippen MR) is 75.0 cm³/mol. The quantitative estimate of drug-likeness (QED) is 0.749. The number of benzene rings is 1. The second-order valence-electron chi connectivity index (χ2n) is 4.93. The molecule has 3 heteroatoms. The van der Waals surface area contributed by atoms with E-state index in [1.807, 2.05) is 13.1 Å². The van der Waals surface area contributed by atoms with E-state index in [1.165, 1.54) is 38.0 Å². The van der Waals surface area contributed by atoms with Crippen LogP contribution in [0.1, 0.15) is 24.8 Å². The maximum Gasteiger partial charge on any atom is 0.119 e. The van der Waals surface area contributed by atoms with Gasteiger partial charge in [0.15, 0.2) is 0 Å². The largest absolute Gasteiger partial charge is 0.494 e. The Balaban J connectivity index is 1.67. The summed E-state index contributed by atoms with van der Waals surface area (Å²) < 4.78 is 5.80. The van der Waals surface area contributed by atoms with E-state index in [9.17, 15) is 0 Å². The Morgan fingerprint density at radius 1 is 1.28 bits per heavy atom. The molecule has 1 N–H and O–H groups in total. The maximum atomic E-state index is 5.80. The standard InChI is InChI=1S/C15H24N2O/c1-16-13-14-6-4-7-15(12-14)18-11-5-10-17-8-2-3-9-17/h4,6-7,12,16H,2-3,5,8-11,13H2,1H3. The normalized spacial score (nSPS) is 16.1. The summed E-state index contributed by atoms with van der Waals surface area (Å²) in [6, 6.07) is 8.33. The van der Waals surface area contributed by atoms with Crippen LogP contribution in [0.3, 0.4) is 0 Å². The zero-order valence-corrected chi connectivity index (χ0v) is 11.3. The molecule has 0 atom stereocenters. The van der Waals surface area contributed by atoms with Crippen LogP contribution < -0.4 is 10.1 Å². The van der Waals surface area contributed by atoms with E-state index in [-0.39, 0.29) is 0 Å². The van der Waals surface area contributed by atoms with Crippen LogP contribution in [0.5, 0.6) is 5.75 Å². The number of hydrogen-bond acceptors (Lipinski definition) is 3.